The van der Waals surface area contributed by atoms with Crippen LogP contribution in [0.25, 0.3) is 0 Å². The molecule has 3 nitrogen and oxygen atoms in total. The maximum atomic E-state index is 13.6. The number of benzene rings is 1. The second-order valence-electron chi connectivity index (χ2n) is 4.00. The summed E-state index contributed by atoms with van der Waals surface area (Å²) in [5.41, 5.74) is 1.74. The molecule has 0 aliphatic heterocycles. The van der Waals surface area contributed by atoms with Crippen molar-refractivity contribution in [1.82, 2.24) is 9.78 Å². The highest BCUT2D eigenvalue weighted by Crippen LogP contribution is 2.29. The summed E-state index contributed by atoms with van der Waals surface area (Å²) in [5.74, 6) is -0.402. The van der Waals surface area contributed by atoms with E-state index in [-0.39, 0.29) is 17.4 Å². The minimum absolute atomic E-state index is 0.0672. The van der Waals surface area contributed by atoms with Crippen LogP contribution in [0.15, 0.2) is 22.7 Å². The largest absolute Gasteiger partial charge is 0.483 e. The first kappa shape index (κ1) is 14.3. The highest BCUT2D eigenvalue weighted by Gasteiger charge is 2.15. The van der Waals surface area contributed by atoms with Crippen LogP contribution in [-0.2, 0) is 13.2 Å². The average Bonchev–Trinajstić information content (AvgIpc) is 2.65. The molecule has 0 amide bonds. The highest BCUT2D eigenvalue weighted by atomic mass is 79.9. The number of aromatic nitrogens is 2. The van der Waals surface area contributed by atoms with Gasteiger partial charge in [-0.2, -0.15) is 5.10 Å². The average molecular weight is 348 g/mol. The van der Waals surface area contributed by atoms with Crippen molar-refractivity contribution in [2.45, 2.75) is 27.0 Å². The molecule has 0 aliphatic rings. The number of hydrogen-bond donors (Lipinski definition) is 0. The molecule has 1 aromatic heterocycles. The van der Waals surface area contributed by atoms with E-state index in [0.717, 1.165) is 22.4 Å². The zero-order valence-electron chi connectivity index (χ0n) is 10.6. The van der Waals surface area contributed by atoms with Crippen LogP contribution in [0.3, 0.4) is 0 Å². The molecule has 102 valence electrons. The summed E-state index contributed by atoms with van der Waals surface area (Å²) in [7, 11) is 0. The third-order valence-electron chi connectivity index (χ3n) is 2.72. The van der Waals surface area contributed by atoms with Crippen molar-refractivity contribution in [1.29, 1.82) is 0 Å². The Bertz CT molecular complexity index is 580. The topological polar surface area (TPSA) is 27.1 Å². The molecular weight excluding hydrogens is 335 g/mol. The van der Waals surface area contributed by atoms with Crippen LogP contribution in [0.2, 0.25) is 5.02 Å². The van der Waals surface area contributed by atoms with Crippen molar-refractivity contribution in [3.63, 3.8) is 0 Å². The fourth-order valence-corrected chi connectivity index (χ4v) is 2.38. The van der Waals surface area contributed by atoms with E-state index in [1.54, 1.807) is 12.1 Å². The minimum Gasteiger partial charge on any atom is -0.483 e. The first-order valence-electron chi connectivity index (χ1n) is 5.83. The lowest BCUT2D eigenvalue weighted by atomic mass is 10.3. The van der Waals surface area contributed by atoms with Gasteiger partial charge in [0, 0.05) is 6.54 Å². The summed E-state index contributed by atoms with van der Waals surface area (Å²) in [6.45, 7) is 4.81. The summed E-state index contributed by atoms with van der Waals surface area (Å²) in [6.07, 6.45) is 0. The van der Waals surface area contributed by atoms with E-state index in [1.807, 2.05) is 18.5 Å². The van der Waals surface area contributed by atoms with Crippen molar-refractivity contribution in [3.05, 3.63) is 44.9 Å². The van der Waals surface area contributed by atoms with Crippen molar-refractivity contribution in [3.8, 4) is 5.75 Å². The van der Waals surface area contributed by atoms with Crippen LogP contribution in [0.1, 0.15) is 18.3 Å². The molecule has 1 heterocycles. The number of halogens is 3. The molecule has 0 aliphatic carbocycles. The first-order valence-corrected chi connectivity index (χ1v) is 7.00. The zero-order chi connectivity index (χ0) is 14.0. The van der Waals surface area contributed by atoms with Gasteiger partial charge in [-0.15, -0.1) is 0 Å². The normalized spacial score (nSPS) is 10.8. The quantitative estimate of drug-likeness (QED) is 0.822. The van der Waals surface area contributed by atoms with Crippen molar-refractivity contribution in [2.75, 3.05) is 0 Å². The first-order chi connectivity index (χ1) is 9.04. The SMILES string of the molecule is CCn1nc(C)c(Br)c1COc1c(F)cccc1Cl. The molecule has 0 radical (unpaired) electrons. The van der Waals surface area contributed by atoms with Gasteiger partial charge in [0.1, 0.15) is 6.61 Å². The summed E-state index contributed by atoms with van der Waals surface area (Å²) in [4.78, 5) is 0. The summed E-state index contributed by atoms with van der Waals surface area (Å²) >= 11 is 9.38. The van der Waals surface area contributed by atoms with E-state index in [0.29, 0.717) is 0 Å². The molecule has 2 rings (SSSR count). The second-order valence-corrected chi connectivity index (χ2v) is 5.20. The third-order valence-corrected chi connectivity index (χ3v) is 4.05. The number of hydrogen-bond acceptors (Lipinski definition) is 2. The predicted octanol–water partition coefficient (Wildman–Crippen LogP) is 4.35. The second kappa shape index (κ2) is 5.92. The van der Waals surface area contributed by atoms with Gasteiger partial charge in [-0.05, 0) is 41.9 Å². The van der Waals surface area contributed by atoms with Crippen LogP contribution in [-0.4, -0.2) is 9.78 Å². The monoisotopic (exact) mass is 346 g/mol. The molecule has 19 heavy (non-hydrogen) atoms. The van der Waals surface area contributed by atoms with Gasteiger partial charge in [0.25, 0.3) is 0 Å². The number of aryl methyl sites for hydroxylation is 2. The molecule has 0 saturated carbocycles. The van der Waals surface area contributed by atoms with Gasteiger partial charge in [0.2, 0.25) is 0 Å². The van der Waals surface area contributed by atoms with Gasteiger partial charge < -0.3 is 4.74 Å². The highest BCUT2D eigenvalue weighted by molar-refractivity contribution is 9.10. The summed E-state index contributed by atoms with van der Waals surface area (Å²) in [6, 6.07) is 4.46. The maximum Gasteiger partial charge on any atom is 0.174 e. The van der Waals surface area contributed by atoms with Crippen molar-refractivity contribution >= 4 is 27.5 Å². The Morgan fingerprint density at radius 1 is 1.47 bits per heavy atom. The van der Waals surface area contributed by atoms with E-state index in [9.17, 15) is 4.39 Å². The molecule has 0 unspecified atom stereocenters. The van der Waals surface area contributed by atoms with Gasteiger partial charge in [0.05, 0.1) is 20.9 Å². The lowest BCUT2D eigenvalue weighted by Gasteiger charge is -2.10. The van der Waals surface area contributed by atoms with Gasteiger partial charge in [-0.3, -0.25) is 4.68 Å². The summed E-state index contributed by atoms with van der Waals surface area (Å²) < 4.78 is 21.8. The molecule has 0 atom stereocenters. The van der Waals surface area contributed by atoms with Gasteiger partial charge in [-0.25, -0.2) is 4.39 Å². The van der Waals surface area contributed by atoms with Crippen LogP contribution in [0.5, 0.6) is 5.75 Å². The van der Waals surface area contributed by atoms with Crippen molar-refractivity contribution < 1.29 is 9.13 Å². The van der Waals surface area contributed by atoms with Crippen LogP contribution in [0, 0.1) is 12.7 Å². The number of ether oxygens (including phenoxy) is 1. The lowest BCUT2D eigenvalue weighted by molar-refractivity contribution is 0.277. The molecule has 1 aromatic carbocycles. The fraction of sp³-hybridized carbons (Fsp3) is 0.308. The van der Waals surface area contributed by atoms with Crippen LogP contribution >= 0.6 is 27.5 Å². The van der Waals surface area contributed by atoms with Crippen LogP contribution in [0.4, 0.5) is 4.39 Å². The van der Waals surface area contributed by atoms with Gasteiger partial charge in [0.15, 0.2) is 11.6 Å². The Morgan fingerprint density at radius 3 is 2.84 bits per heavy atom. The van der Waals surface area contributed by atoms with E-state index in [1.165, 1.54) is 6.07 Å². The zero-order valence-corrected chi connectivity index (χ0v) is 12.9. The molecular formula is C13H13BrClFN2O. The predicted molar refractivity (Wildman–Crippen MR) is 76.1 cm³/mol. The Morgan fingerprint density at radius 2 is 2.21 bits per heavy atom. The number of nitrogens with zero attached hydrogens (tertiary/aromatic N) is 2. The Kier molecular flexibility index (Phi) is 4.47. The standard InChI is InChI=1S/C13H13BrClFN2O/c1-3-18-11(12(14)8(2)17-18)7-19-13-9(15)5-4-6-10(13)16/h4-6H,3,7H2,1-2H3. The van der Waals surface area contributed by atoms with E-state index in [4.69, 9.17) is 16.3 Å². The molecule has 0 bridgehead atoms. The maximum absolute atomic E-state index is 13.6. The van der Waals surface area contributed by atoms with Gasteiger partial charge >= 0.3 is 0 Å². The third kappa shape index (κ3) is 2.92. The Balaban J connectivity index is 2.24. The van der Waals surface area contributed by atoms with E-state index < -0.39 is 5.82 Å². The van der Waals surface area contributed by atoms with Gasteiger partial charge in [-0.1, -0.05) is 17.7 Å². The Hall–Kier alpha value is -1.07. The number of para-hydroxylation sites is 1. The lowest BCUT2D eigenvalue weighted by Crippen LogP contribution is -2.07. The molecule has 2 aromatic rings. The smallest absolute Gasteiger partial charge is 0.174 e. The summed E-state index contributed by atoms with van der Waals surface area (Å²) in [5, 5.41) is 4.61. The molecule has 0 spiro atoms. The molecule has 6 heteroatoms. The Labute approximate surface area is 124 Å². The van der Waals surface area contributed by atoms with Crippen molar-refractivity contribution in [2.24, 2.45) is 0 Å². The van der Waals surface area contributed by atoms with E-state index >= 15 is 0 Å². The molecule has 0 N–H and O–H groups in total. The molecule has 0 fully saturated rings. The van der Waals surface area contributed by atoms with Crippen LogP contribution < -0.4 is 4.74 Å². The minimum atomic E-state index is -0.470. The number of rotatable bonds is 4. The molecule has 0 saturated heterocycles. The van der Waals surface area contributed by atoms with E-state index in [2.05, 4.69) is 21.0 Å². The fourth-order valence-electron chi connectivity index (χ4n) is 1.77.